The van der Waals surface area contributed by atoms with E-state index in [-0.39, 0.29) is 13.2 Å². The molecule has 0 aliphatic carbocycles. The normalized spacial score (nSPS) is 20.4. The molecule has 6 atom stereocenters. The number of rotatable bonds is 17. The number of ether oxygens (including phenoxy) is 5. The van der Waals surface area contributed by atoms with E-state index in [1.54, 1.807) is 91.0 Å². The van der Waals surface area contributed by atoms with Gasteiger partial charge in [-0.05, 0) is 35.0 Å². The van der Waals surface area contributed by atoms with Gasteiger partial charge in [0.25, 0.3) is 0 Å². The van der Waals surface area contributed by atoms with Crippen LogP contribution in [0, 0.1) is 0 Å². The molecular formula is C39H44NO14PS. The molecular weight excluding hydrogens is 769 g/mol. The summed E-state index contributed by atoms with van der Waals surface area (Å²) in [4.78, 5) is 78.3. The number of carbonyl (C=O) groups is 6. The lowest BCUT2D eigenvalue weighted by atomic mass is 9.89. The lowest BCUT2D eigenvalue weighted by molar-refractivity contribution is -0.220. The first-order valence-electron chi connectivity index (χ1n) is 17.5. The molecule has 3 aromatic carbocycles. The van der Waals surface area contributed by atoms with Gasteiger partial charge in [0.05, 0.1) is 19.3 Å². The number of thioether (sulfide) groups is 1. The van der Waals surface area contributed by atoms with Gasteiger partial charge in [0.15, 0.2) is 12.2 Å². The van der Waals surface area contributed by atoms with Crippen molar-refractivity contribution in [1.29, 1.82) is 0 Å². The third-order valence-electron chi connectivity index (χ3n) is 8.21. The molecule has 56 heavy (non-hydrogen) atoms. The summed E-state index contributed by atoms with van der Waals surface area (Å²) in [6.07, 6.45) is -7.52. The summed E-state index contributed by atoms with van der Waals surface area (Å²) < 4.78 is 57.1. The molecule has 1 heterocycles. The van der Waals surface area contributed by atoms with Gasteiger partial charge in [-0.2, -0.15) is 0 Å². The van der Waals surface area contributed by atoms with Crippen LogP contribution in [-0.4, -0.2) is 77.3 Å². The van der Waals surface area contributed by atoms with Gasteiger partial charge in [-0.1, -0.05) is 78.9 Å². The number of nitrogens with one attached hydrogen (secondary N) is 1. The van der Waals surface area contributed by atoms with Gasteiger partial charge in [0.1, 0.15) is 18.8 Å². The first-order chi connectivity index (χ1) is 26.6. The second-order valence-electron chi connectivity index (χ2n) is 12.7. The average molecular weight is 814 g/mol. The van der Waals surface area contributed by atoms with Crippen molar-refractivity contribution in [1.82, 2.24) is 5.32 Å². The van der Waals surface area contributed by atoms with Crippen molar-refractivity contribution >= 4 is 54.3 Å². The molecule has 4 rings (SSSR count). The fourth-order valence-corrected chi connectivity index (χ4v) is 9.21. The summed E-state index contributed by atoms with van der Waals surface area (Å²) in [6, 6.07) is 24.1. The fourth-order valence-electron chi connectivity index (χ4n) is 5.93. The first kappa shape index (κ1) is 43.9. The summed E-state index contributed by atoms with van der Waals surface area (Å²) in [7, 11) is -5.02. The van der Waals surface area contributed by atoms with Crippen LogP contribution in [-0.2, 0) is 79.3 Å². The monoisotopic (exact) mass is 813 g/mol. The fraction of sp³-hybridized carbons (Fsp3) is 0.385. The van der Waals surface area contributed by atoms with Crippen LogP contribution in [0.2, 0.25) is 0 Å². The lowest BCUT2D eigenvalue weighted by Crippen LogP contribution is -2.68. The molecule has 300 valence electrons. The highest BCUT2D eigenvalue weighted by atomic mass is 32.2. The van der Waals surface area contributed by atoms with Crippen molar-refractivity contribution in [2.45, 2.75) is 94.9 Å². The van der Waals surface area contributed by atoms with E-state index < -0.39 is 91.3 Å². The van der Waals surface area contributed by atoms with E-state index in [0.29, 0.717) is 27.8 Å². The van der Waals surface area contributed by atoms with Crippen molar-refractivity contribution in [2.75, 3.05) is 6.61 Å². The minimum atomic E-state index is -5.02. The molecule has 17 heteroatoms. The van der Waals surface area contributed by atoms with Crippen molar-refractivity contribution < 1.29 is 66.1 Å². The van der Waals surface area contributed by atoms with Crippen LogP contribution < -0.4 is 5.32 Å². The van der Waals surface area contributed by atoms with Gasteiger partial charge in [-0.25, -0.2) is 0 Å². The molecule has 1 N–H and O–H groups in total. The topological polar surface area (TPSA) is 196 Å². The van der Waals surface area contributed by atoms with Crippen molar-refractivity contribution in [3.05, 3.63) is 102 Å². The Bertz CT molecular complexity index is 1830. The molecule has 1 aliphatic heterocycles. The first-order valence-corrected chi connectivity index (χ1v) is 19.8. The maximum Gasteiger partial charge on any atom is 0.371 e. The van der Waals surface area contributed by atoms with Crippen LogP contribution in [0.5, 0.6) is 0 Å². The van der Waals surface area contributed by atoms with E-state index in [9.17, 15) is 24.0 Å². The Morgan fingerprint density at radius 2 is 1.27 bits per heavy atom. The zero-order chi connectivity index (χ0) is 40.9. The van der Waals surface area contributed by atoms with Gasteiger partial charge in [-0.3, -0.25) is 33.3 Å². The smallest absolute Gasteiger partial charge is 0.371 e. The predicted octanol–water partition coefficient (Wildman–Crippen LogP) is 5.28. The largest absolute Gasteiger partial charge is 0.462 e. The van der Waals surface area contributed by atoms with Crippen LogP contribution in [0.15, 0.2) is 95.9 Å². The minimum absolute atomic E-state index is 0.352. The second-order valence-corrected chi connectivity index (χ2v) is 16.0. The molecule has 1 fully saturated rings. The number of carbonyl (C=O) groups excluding carboxylic acids is 6. The van der Waals surface area contributed by atoms with E-state index in [1.165, 1.54) is 0 Å². The SMILES string of the molecule is CC(=O)N[C@H]1[C@H]([C@H](OC(C)=O)[C@@H](COC(C)=O)OC(C)=O)OC(C(=O)Sc2ccccc2)(P(=O)(OCc2ccccc2)OCc2ccccc2)C[C@@H]1OC(C)=O. The van der Waals surface area contributed by atoms with E-state index >= 15 is 9.36 Å². The summed E-state index contributed by atoms with van der Waals surface area (Å²) in [5.74, 6) is -4.18. The molecule has 1 unspecified atom stereocenters. The summed E-state index contributed by atoms with van der Waals surface area (Å²) in [6.45, 7) is 4.02. The van der Waals surface area contributed by atoms with Crippen molar-refractivity contribution in [3.63, 3.8) is 0 Å². The van der Waals surface area contributed by atoms with E-state index in [1.807, 2.05) is 0 Å². The third kappa shape index (κ3) is 12.1. The third-order valence-corrected chi connectivity index (χ3v) is 11.7. The summed E-state index contributed by atoms with van der Waals surface area (Å²) in [5.41, 5.74) is 1.09. The van der Waals surface area contributed by atoms with Gasteiger partial charge < -0.3 is 38.0 Å². The van der Waals surface area contributed by atoms with E-state index in [2.05, 4.69) is 5.32 Å². The molecule has 0 saturated carbocycles. The zero-order valence-corrected chi connectivity index (χ0v) is 33.2. The van der Waals surface area contributed by atoms with Crippen molar-refractivity contribution in [2.24, 2.45) is 0 Å². The van der Waals surface area contributed by atoms with E-state index in [4.69, 9.17) is 32.7 Å². The maximum atomic E-state index is 15.9. The number of esters is 4. The highest BCUT2D eigenvalue weighted by molar-refractivity contribution is 8.14. The predicted molar refractivity (Wildman–Crippen MR) is 200 cm³/mol. The Balaban J connectivity index is 2.02. The highest BCUT2D eigenvalue weighted by Crippen LogP contribution is 2.67. The standard InChI is InChI=1S/C39H44NO14PS/c1-25(41)40-35-33(51-27(3)43)21-39(38(46)56-32-19-13-8-14-20-32,54-37(35)36(53-29(5)45)34(52-28(4)44)24-48-26(2)42)55(47,49-22-30-15-9-6-10-16-30)50-23-31-17-11-7-12-18-31/h6-20,33-37H,21-24H2,1-5H3,(H,40,41)/t33-,34+,35+,36+,37+,39?/m0/s1. The Morgan fingerprint density at radius 1 is 0.750 bits per heavy atom. The maximum absolute atomic E-state index is 15.9. The van der Waals surface area contributed by atoms with Crippen LogP contribution in [0.1, 0.15) is 52.2 Å². The molecule has 1 saturated heterocycles. The Kier molecular flexibility index (Phi) is 15.9. The Hall–Kier alpha value is -4.86. The molecule has 0 radical (unpaired) electrons. The molecule has 0 aromatic heterocycles. The Labute approximate surface area is 328 Å². The highest BCUT2D eigenvalue weighted by Gasteiger charge is 2.67. The molecule has 1 aliphatic rings. The summed E-state index contributed by atoms with van der Waals surface area (Å²) >= 11 is 0.630. The quantitative estimate of drug-likeness (QED) is 0.0800. The molecule has 0 bridgehead atoms. The molecule has 1 amide bonds. The van der Waals surface area contributed by atoms with Crippen LogP contribution in [0.25, 0.3) is 0 Å². The zero-order valence-electron chi connectivity index (χ0n) is 31.4. The minimum Gasteiger partial charge on any atom is -0.462 e. The van der Waals surface area contributed by atoms with Gasteiger partial charge >= 0.3 is 31.5 Å². The average Bonchev–Trinajstić information content (AvgIpc) is 3.15. The molecule has 3 aromatic rings. The molecule has 0 spiro atoms. The number of hydrogen-bond donors (Lipinski definition) is 1. The van der Waals surface area contributed by atoms with Crippen LogP contribution >= 0.6 is 19.4 Å². The van der Waals surface area contributed by atoms with Crippen molar-refractivity contribution in [3.8, 4) is 0 Å². The number of hydrogen-bond acceptors (Lipinski definition) is 15. The van der Waals surface area contributed by atoms with E-state index in [0.717, 1.165) is 34.6 Å². The second kappa shape index (κ2) is 20.3. The van der Waals surface area contributed by atoms with Crippen LogP contribution in [0.4, 0.5) is 0 Å². The van der Waals surface area contributed by atoms with Crippen LogP contribution in [0.3, 0.4) is 0 Å². The number of amides is 1. The van der Waals surface area contributed by atoms with Gasteiger partial charge in [0.2, 0.25) is 16.4 Å². The Morgan fingerprint density at radius 3 is 1.73 bits per heavy atom. The summed E-state index contributed by atoms with van der Waals surface area (Å²) in [5, 5.41) is -0.988. The molecule has 15 nitrogen and oxygen atoms in total. The van der Waals surface area contributed by atoms with Gasteiger partial charge in [0, 0.05) is 45.9 Å². The van der Waals surface area contributed by atoms with Gasteiger partial charge in [-0.15, -0.1) is 0 Å². The number of benzene rings is 3. The lowest BCUT2D eigenvalue weighted by Gasteiger charge is -2.50.